The Morgan fingerprint density at radius 1 is 0.757 bits per heavy atom. The summed E-state index contributed by atoms with van der Waals surface area (Å²) in [4.78, 5) is 0. The average molecular weight is 634 g/mol. The summed E-state index contributed by atoms with van der Waals surface area (Å²) >= 11 is 0. The van der Waals surface area contributed by atoms with Crippen molar-refractivity contribution < 1.29 is 51.0 Å². The van der Waals surface area contributed by atoms with Crippen molar-refractivity contribution in [3.8, 4) is 0 Å². The molecule has 0 saturated carbocycles. The van der Waals surface area contributed by atoms with Crippen LogP contribution in [-0.4, -0.2) is 10.2 Å². The number of fused-ring (bicyclic) bond motifs is 3. The van der Waals surface area contributed by atoms with Crippen molar-refractivity contribution >= 4 is 31.8 Å². The maximum atomic E-state index is 2.99. The minimum absolute atomic E-state index is 0. The maximum Gasteiger partial charge on any atom is 4.00 e. The monoisotopic (exact) mass is 631 g/mol. The molecule has 0 amide bonds. The van der Waals surface area contributed by atoms with Gasteiger partial charge in [0.15, 0.2) is 0 Å². The second kappa shape index (κ2) is 20.4. The first-order valence-electron chi connectivity index (χ1n) is 12.9. The normalized spacial score (nSPS) is 11.5. The largest absolute Gasteiger partial charge is 4.00 e. The molecule has 3 radical (unpaired) electrons. The van der Waals surface area contributed by atoms with Gasteiger partial charge in [-0.3, -0.25) is 6.08 Å². The molecule has 0 bridgehead atoms. The number of unbranched alkanes of at least 4 members (excludes halogenated alkanes) is 3. The van der Waals surface area contributed by atoms with Crippen LogP contribution in [0.3, 0.4) is 0 Å². The van der Waals surface area contributed by atoms with Gasteiger partial charge in [-0.25, -0.2) is 12.2 Å². The molecule has 1 aliphatic rings. The Bertz CT molecular complexity index is 968. The van der Waals surface area contributed by atoms with Gasteiger partial charge in [-0.05, 0) is 10.8 Å². The van der Waals surface area contributed by atoms with Gasteiger partial charge in [0.05, 0.1) is 0 Å². The van der Waals surface area contributed by atoms with Crippen LogP contribution in [0.25, 0.3) is 21.5 Å². The first kappa shape index (κ1) is 41.0. The van der Waals surface area contributed by atoms with Crippen molar-refractivity contribution in [3.63, 3.8) is 0 Å². The van der Waals surface area contributed by atoms with E-state index >= 15 is 0 Å². The van der Waals surface area contributed by atoms with Crippen molar-refractivity contribution in [1.82, 2.24) is 0 Å². The fourth-order valence-corrected chi connectivity index (χ4v) is 3.80. The molecule has 0 saturated heterocycles. The molecular formula is C33H47Cl2SiZr. The van der Waals surface area contributed by atoms with Crippen LogP contribution in [0.15, 0.2) is 60.7 Å². The smallest absolute Gasteiger partial charge is 1.00 e. The molecule has 0 atom stereocenters. The molecule has 3 aromatic carbocycles. The van der Waals surface area contributed by atoms with Crippen LogP contribution in [0, 0.1) is 6.08 Å². The van der Waals surface area contributed by atoms with Crippen LogP contribution in [0.4, 0.5) is 0 Å². The van der Waals surface area contributed by atoms with E-state index in [-0.39, 0.29) is 61.8 Å². The Morgan fingerprint density at radius 2 is 1.16 bits per heavy atom. The van der Waals surface area contributed by atoms with Gasteiger partial charge in [0.25, 0.3) is 0 Å². The van der Waals surface area contributed by atoms with E-state index in [0.717, 1.165) is 6.42 Å². The molecule has 0 unspecified atom stereocenters. The fraction of sp³-hybridized carbons (Fsp3) is 0.485. The van der Waals surface area contributed by atoms with Crippen molar-refractivity contribution in [2.24, 2.45) is 0 Å². The van der Waals surface area contributed by atoms with E-state index in [1.807, 2.05) is 12.2 Å². The third kappa shape index (κ3) is 13.9. The molecular weight excluding hydrogens is 587 g/mol. The molecule has 0 fully saturated rings. The van der Waals surface area contributed by atoms with Crippen LogP contribution >= 0.6 is 0 Å². The van der Waals surface area contributed by atoms with Crippen molar-refractivity contribution in [3.05, 3.63) is 77.9 Å². The maximum absolute atomic E-state index is 2.99. The van der Waals surface area contributed by atoms with Gasteiger partial charge >= 0.3 is 26.2 Å². The zero-order valence-corrected chi connectivity index (χ0v) is 29.5. The van der Waals surface area contributed by atoms with Gasteiger partial charge in [0, 0.05) is 10.2 Å². The van der Waals surface area contributed by atoms with Gasteiger partial charge < -0.3 is 24.8 Å². The van der Waals surface area contributed by atoms with E-state index < -0.39 is 0 Å². The van der Waals surface area contributed by atoms with E-state index in [1.165, 1.54) is 58.4 Å². The van der Waals surface area contributed by atoms with Crippen LogP contribution < -0.4 is 24.8 Å². The summed E-state index contributed by atoms with van der Waals surface area (Å²) in [5.74, 6) is 0. The average Bonchev–Trinajstić information content (AvgIpc) is 3.49. The minimum atomic E-state index is 0. The second-order valence-electron chi connectivity index (χ2n) is 11.0. The number of hydrogen-bond acceptors (Lipinski definition) is 0. The number of benzene rings is 2. The summed E-state index contributed by atoms with van der Waals surface area (Å²) in [5.41, 5.74) is 3.21. The Balaban J connectivity index is -0.000000606. The summed E-state index contributed by atoms with van der Waals surface area (Å²) < 4.78 is 0. The third-order valence-corrected chi connectivity index (χ3v) is 5.98. The van der Waals surface area contributed by atoms with E-state index in [2.05, 4.69) is 120 Å². The third-order valence-electron chi connectivity index (χ3n) is 5.98. The summed E-state index contributed by atoms with van der Waals surface area (Å²) in [6, 6.07) is 16.2. The summed E-state index contributed by atoms with van der Waals surface area (Å²) in [5, 5.41) is 5.48. The molecule has 0 N–H and O–H groups in total. The predicted octanol–water partition coefficient (Wildman–Crippen LogP) is 4.41. The van der Waals surface area contributed by atoms with Gasteiger partial charge in [-0.2, -0.15) is 6.08 Å². The number of rotatable bonds is 3. The Hall–Kier alpha value is -0.530. The van der Waals surface area contributed by atoms with Crippen LogP contribution in [0.5, 0.6) is 0 Å². The summed E-state index contributed by atoms with van der Waals surface area (Å²) in [6.45, 7) is 19.9. The van der Waals surface area contributed by atoms with Crippen molar-refractivity contribution in [2.45, 2.75) is 105 Å². The first-order valence-corrected chi connectivity index (χ1v) is 13.9. The molecule has 0 heterocycles. The SMILES string of the molecule is CC(C)(C)c1ccc2c(c1)[cH-]c1cc(C(C)(C)C)ccc12.CCCCCC.C[Si].[C-]1=CC=CC1.[Cl-].[Cl-].[Zr+4]. The standard InChI is InChI=1S/C21H25.C6H14.C5H5.CH3Si.2ClH.Zr/c1-20(2,3)16-7-9-18-14(12-16)11-15-13-17(21(4,5)6)8-10-19(15)18;1-3-5-6-4-2;1-2-4-5-3-1;1-2;;;/h7-13H,1-6H3;3-6H2,1-2H3;1-3H,4H2;1H3;2*1H;/q-1;;-1;;;;+4/p-2. The van der Waals surface area contributed by atoms with Gasteiger partial charge in [-0.1, -0.05) is 123 Å². The Kier molecular flexibility index (Phi) is 22.6. The van der Waals surface area contributed by atoms with Crippen LogP contribution in [0.1, 0.15) is 98.6 Å². The van der Waals surface area contributed by atoms with E-state index in [1.54, 1.807) is 6.55 Å². The Morgan fingerprint density at radius 3 is 1.41 bits per heavy atom. The second-order valence-corrected chi connectivity index (χ2v) is 11.0. The number of allylic oxidation sites excluding steroid dienone is 4. The fourth-order valence-electron chi connectivity index (χ4n) is 3.80. The van der Waals surface area contributed by atoms with Crippen LogP contribution in [-0.2, 0) is 37.0 Å². The summed E-state index contributed by atoms with van der Waals surface area (Å²) in [6.07, 6.45) is 15.5. The molecule has 0 aliphatic heterocycles. The molecule has 0 spiro atoms. The minimum Gasteiger partial charge on any atom is -1.00 e. The molecule has 4 heteroatoms. The van der Waals surface area contributed by atoms with Crippen molar-refractivity contribution in [1.29, 1.82) is 0 Å². The van der Waals surface area contributed by atoms with E-state index in [9.17, 15) is 0 Å². The predicted molar refractivity (Wildman–Crippen MR) is 157 cm³/mol. The topological polar surface area (TPSA) is 0 Å². The molecule has 3 aromatic rings. The molecule has 201 valence electrons. The van der Waals surface area contributed by atoms with Gasteiger partial charge in [-0.15, -0.1) is 46.2 Å². The zero-order valence-electron chi connectivity index (χ0n) is 24.6. The molecule has 4 rings (SSSR count). The Labute approximate surface area is 263 Å². The van der Waals surface area contributed by atoms with Crippen LogP contribution in [0.2, 0.25) is 6.55 Å². The molecule has 0 aromatic heterocycles. The first-order chi connectivity index (χ1) is 16.1. The number of hydrogen-bond donors (Lipinski definition) is 0. The molecule has 37 heavy (non-hydrogen) atoms. The summed E-state index contributed by atoms with van der Waals surface area (Å²) in [7, 11) is 2.97. The quantitative estimate of drug-likeness (QED) is 0.228. The number of halogens is 2. The van der Waals surface area contributed by atoms with Gasteiger partial charge in [0.2, 0.25) is 0 Å². The molecule has 0 nitrogen and oxygen atoms in total. The van der Waals surface area contributed by atoms with E-state index in [4.69, 9.17) is 0 Å². The zero-order chi connectivity index (χ0) is 25.8. The van der Waals surface area contributed by atoms with E-state index in [0.29, 0.717) is 0 Å². The van der Waals surface area contributed by atoms with Crippen molar-refractivity contribution in [2.75, 3.05) is 0 Å². The van der Waals surface area contributed by atoms with Gasteiger partial charge in [0.1, 0.15) is 0 Å². The molecule has 1 aliphatic carbocycles.